The summed E-state index contributed by atoms with van der Waals surface area (Å²) in [6.45, 7) is 3.01. The highest BCUT2D eigenvalue weighted by atomic mass is 16.5. The number of carboxylic acid groups (broad SMARTS) is 1. The minimum Gasteiger partial charge on any atom is -0.480 e. The van der Waals surface area contributed by atoms with E-state index in [2.05, 4.69) is 16.0 Å². The smallest absolute Gasteiger partial charge is 0.407 e. The number of hydrogen-bond donors (Lipinski definition) is 4. The van der Waals surface area contributed by atoms with E-state index in [0.29, 0.717) is 0 Å². The lowest BCUT2D eigenvalue weighted by molar-refractivity contribution is -0.142. The molecule has 0 saturated carbocycles. The molecule has 202 valence electrons. The van der Waals surface area contributed by atoms with E-state index in [1.807, 2.05) is 54.6 Å². The maximum atomic E-state index is 12.6. The second kappa shape index (κ2) is 12.3. The maximum absolute atomic E-state index is 12.6. The zero-order chi connectivity index (χ0) is 27.9. The number of hydrogen-bond acceptors (Lipinski definition) is 5. The van der Waals surface area contributed by atoms with Gasteiger partial charge in [-0.25, -0.2) is 9.59 Å². The van der Waals surface area contributed by atoms with Crippen LogP contribution in [0.1, 0.15) is 36.5 Å². The van der Waals surface area contributed by atoms with Crippen molar-refractivity contribution >= 4 is 23.9 Å². The fraction of sp³-hybridized carbons (Fsp3) is 0.267. The number of benzene rings is 3. The summed E-state index contributed by atoms with van der Waals surface area (Å²) in [5.41, 5.74) is 5.11. The van der Waals surface area contributed by atoms with E-state index in [1.165, 1.54) is 13.8 Å². The Bertz CT molecular complexity index is 1310. The number of amides is 3. The molecule has 3 aromatic rings. The van der Waals surface area contributed by atoms with Crippen LogP contribution < -0.4 is 16.0 Å². The molecule has 0 fully saturated rings. The van der Waals surface area contributed by atoms with Crippen LogP contribution in [0.2, 0.25) is 0 Å². The third-order valence-corrected chi connectivity index (χ3v) is 6.72. The molecule has 3 amide bonds. The number of nitrogens with one attached hydrogen (secondary N) is 3. The van der Waals surface area contributed by atoms with Crippen LogP contribution in [-0.4, -0.2) is 53.7 Å². The van der Waals surface area contributed by atoms with E-state index < -0.39 is 42.0 Å². The molecule has 9 heteroatoms. The molecular weight excluding hydrogens is 498 g/mol. The van der Waals surface area contributed by atoms with Gasteiger partial charge in [0.15, 0.2) is 0 Å². The molecule has 1 aliphatic rings. The minimum atomic E-state index is -1.18. The van der Waals surface area contributed by atoms with Crippen LogP contribution in [-0.2, 0) is 25.5 Å². The van der Waals surface area contributed by atoms with Gasteiger partial charge in [-0.1, -0.05) is 78.9 Å². The zero-order valence-electron chi connectivity index (χ0n) is 21.7. The number of alkyl carbamates (subject to hydrolysis) is 1. The van der Waals surface area contributed by atoms with Crippen LogP contribution in [0.5, 0.6) is 0 Å². The largest absolute Gasteiger partial charge is 0.480 e. The van der Waals surface area contributed by atoms with Gasteiger partial charge in [-0.2, -0.15) is 0 Å². The van der Waals surface area contributed by atoms with Gasteiger partial charge in [-0.15, -0.1) is 0 Å². The van der Waals surface area contributed by atoms with Gasteiger partial charge in [0.1, 0.15) is 24.7 Å². The molecule has 0 heterocycles. The molecule has 1 aliphatic carbocycles. The van der Waals surface area contributed by atoms with E-state index in [0.717, 1.165) is 27.8 Å². The summed E-state index contributed by atoms with van der Waals surface area (Å²) < 4.78 is 5.47. The van der Waals surface area contributed by atoms with E-state index >= 15 is 0 Å². The number of rotatable bonds is 10. The Kier molecular flexibility index (Phi) is 8.60. The van der Waals surface area contributed by atoms with Crippen LogP contribution in [0.15, 0.2) is 78.9 Å². The summed E-state index contributed by atoms with van der Waals surface area (Å²) in [7, 11) is 0. The van der Waals surface area contributed by atoms with Crippen molar-refractivity contribution in [3.63, 3.8) is 0 Å². The van der Waals surface area contributed by atoms with Gasteiger partial charge < -0.3 is 25.8 Å². The standard InChI is InChI=1S/C30H31N3O6/c1-18(28(35)33-26(29(36)37)16-20-10-4-3-5-11-20)31-27(34)19(2)32-30(38)39-17-25-23-14-8-6-12-21(23)22-13-7-9-15-24(22)25/h3-15,18-19,25-26H,16-17H2,1-2H3,(H,31,34)(H,32,38)(H,33,35)(H,36,37)/t18-,19-,26-/m0/s1. The molecule has 3 atom stereocenters. The Balaban J connectivity index is 1.27. The van der Waals surface area contributed by atoms with Crippen LogP contribution in [0.3, 0.4) is 0 Å². The zero-order valence-corrected chi connectivity index (χ0v) is 21.7. The van der Waals surface area contributed by atoms with Crippen molar-refractivity contribution in [2.45, 2.75) is 44.3 Å². The minimum absolute atomic E-state index is 0.0995. The van der Waals surface area contributed by atoms with Crippen molar-refractivity contribution in [1.82, 2.24) is 16.0 Å². The number of carboxylic acids is 1. The molecule has 0 saturated heterocycles. The van der Waals surface area contributed by atoms with Gasteiger partial charge in [0.25, 0.3) is 0 Å². The van der Waals surface area contributed by atoms with E-state index in [4.69, 9.17) is 4.74 Å². The molecule has 0 aliphatic heterocycles. The average Bonchev–Trinajstić information content (AvgIpc) is 3.25. The normalized spacial score (nSPS) is 14.2. The van der Waals surface area contributed by atoms with Gasteiger partial charge >= 0.3 is 12.1 Å². The van der Waals surface area contributed by atoms with Crippen molar-refractivity contribution in [2.75, 3.05) is 6.61 Å². The molecule has 0 unspecified atom stereocenters. The Morgan fingerprint density at radius 1 is 0.744 bits per heavy atom. The Hall–Kier alpha value is -4.66. The molecule has 4 rings (SSSR count). The summed E-state index contributed by atoms with van der Waals surface area (Å²) >= 11 is 0. The lowest BCUT2D eigenvalue weighted by atomic mass is 9.98. The molecule has 4 N–H and O–H groups in total. The molecule has 39 heavy (non-hydrogen) atoms. The highest BCUT2D eigenvalue weighted by molar-refractivity contribution is 5.92. The summed E-state index contributed by atoms with van der Waals surface area (Å²) in [6, 6.07) is 21.7. The lowest BCUT2D eigenvalue weighted by Gasteiger charge is -2.21. The Labute approximate surface area is 226 Å². The van der Waals surface area contributed by atoms with Gasteiger partial charge in [-0.3, -0.25) is 9.59 Å². The summed E-state index contributed by atoms with van der Waals surface area (Å²) in [4.78, 5) is 49.3. The van der Waals surface area contributed by atoms with Crippen molar-refractivity contribution in [1.29, 1.82) is 0 Å². The monoisotopic (exact) mass is 529 g/mol. The van der Waals surface area contributed by atoms with Gasteiger partial charge in [0.2, 0.25) is 11.8 Å². The molecule has 0 aromatic heterocycles. The fourth-order valence-electron chi connectivity index (χ4n) is 4.63. The second-order valence-corrected chi connectivity index (χ2v) is 9.51. The first-order valence-electron chi connectivity index (χ1n) is 12.7. The predicted octanol–water partition coefficient (Wildman–Crippen LogP) is 3.23. The number of aliphatic carboxylic acids is 1. The van der Waals surface area contributed by atoms with Crippen LogP contribution >= 0.6 is 0 Å². The highest BCUT2D eigenvalue weighted by Crippen LogP contribution is 2.44. The summed E-state index contributed by atoms with van der Waals surface area (Å²) in [5.74, 6) is -2.56. The van der Waals surface area contributed by atoms with E-state index in [1.54, 1.807) is 24.3 Å². The van der Waals surface area contributed by atoms with Gasteiger partial charge in [0.05, 0.1) is 0 Å². The molecule has 0 spiro atoms. The SMILES string of the molecule is C[C@H](NC(=O)OCC1c2ccccc2-c2ccccc21)C(=O)N[C@@H](C)C(=O)N[C@@H](Cc1ccccc1)C(=O)O. The van der Waals surface area contributed by atoms with E-state index in [-0.39, 0.29) is 18.9 Å². The molecule has 3 aromatic carbocycles. The third kappa shape index (κ3) is 6.62. The third-order valence-electron chi connectivity index (χ3n) is 6.72. The summed E-state index contributed by atoms with van der Waals surface area (Å²) in [5, 5.41) is 17.0. The van der Waals surface area contributed by atoms with Crippen LogP contribution in [0, 0.1) is 0 Å². The summed E-state index contributed by atoms with van der Waals surface area (Å²) in [6.07, 6.45) is -0.659. The van der Waals surface area contributed by atoms with Crippen molar-refractivity contribution < 1.29 is 29.0 Å². The first kappa shape index (κ1) is 27.4. The molecule has 0 radical (unpaired) electrons. The molecular formula is C30H31N3O6. The Morgan fingerprint density at radius 3 is 1.85 bits per heavy atom. The van der Waals surface area contributed by atoms with E-state index in [9.17, 15) is 24.3 Å². The second-order valence-electron chi connectivity index (χ2n) is 9.51. The number of ether oxygens (including phenoxy) is 1. The quantitative estimate of drug-likeness (QED) is 0.319. The topological polar surface area (TPSA) is 134 Å². The average molecular weight is 530 g/mol. The lowest BCUT2D eigenvalue weighted by Crippen LogP contribution is -2.54. The maximum Gasteiger partial charge on any atom is 0.407 e. The predicted molar refractivity (Wildman–Crippen MR) is 145 cm³/mol. The first-order chi connectivity index (χ1) is 18.7. The Morgan fingerprint density at radius 2 is 1.26 bits per heavy atom. The van der Waals surface area contributed by atoms with Crippen molar-refractivity contribution in [3.8, 4) is 11.1 Å². The van der Waals surface area contributed by atoms with Gasteiger partial charge in [-0.05, 0) is 41.7 Å². The first-order valence-corrected chi connectivity index (χ1v) is 12.7. The molecule has 0 bridgehead atoms. The van der Waals surface area contributed by atoms with Gasteiger partial charge in [0, 0.05) is 12.3 Å². The fourth-order valence-corrected chi connectivity index (χ4v) is 4.63. The van der Waals surface area contributed by atoms with Crippen LogP contribution in [0.4, 0.5) is 4.79 Å². The van der Waals surface area contributed by atoms with Crippen molar-refractivity contribution in [2.24, 2.45) is 0 Å². The number of fused-ring (bicyclic) bond motifs is 3. The number of carbonyl (C=O) groups is 4. The molecule has 9 nitrogen and oxygen atoms in total. The van der Waals surface area contributed by atoms with Crippen LogP contribution in [0.25, 0.3) is 11.1 Å². The number of carbonyl (C=O) groups excluding carboxylic acids is 3. The van der Waals surface area contributed by atoms with Crippen molar-refractivity contribution in [3.05, 3.63) is 95.6 Å². The highest BCUT2D eigenvalue weighted by Gasteiger charge is 2.30.